The molecule has 0 radical (unpaired) electrons. The van der Waals surface area contributed by atoms with E-state index in [1.165, 1.54) is 5.56 Å². The van der Waals surface area contributed by atoms with Crippen LogP contribution in [0.25, 0.3) is 0 Å². The van der Waals surface area contributed by atoms with Crippen molar-refractivity contribution in [1.82, 2.24) is 15.5 Å². The molecule has 0 bridgehead atoms. The number of guanidine groups is 1. The number of aliphatic imine (C=N–C) groups is 1. The van der Waals surface area contributed by atoms with Gasteiger partial charge in [0.25, 0.3) is 0 Å². The third-order valence-electron chi connectivity index (χ3n) is 5.87. The molecule has 1 aliphatic heterocycles. The fraction of sp³-hybridized carbons (Fsp3) is 0.652. The van der Waals surface area contributed by atoms with Crippen LogP contribution in [-0.4, -0.2) is 57.7 Å². The van der Waals surface area contributed by atoms with E-state index in [2.05, 4.69) is 29.5 Å². The molecule has 0 aromatic heterocycles. The van der Waals surface area contributed by atoms with Gasteiger partial charge < -0.3 is 25.0 Å². The largest absolute Gasteiger partial charge is 0.493 e. The van der Waals surface area contributed by atoms with Crippen molar-refractivity contribution in [3.05, 3.63) is 23.3 Å². The van der Waals surface area contributed by atoms with Crippen molar-refractivity contribution in [2.75, 3.05) is 40.9 Å². The topological polar surface area (TPSA) is 75.2 Å². The van der Waals surface area contributed by atoms with E-state index in [9.17, 15) is 4.79 Å². The second kappa shape index (κ2) is 12.3. The number of hydrogen-bond acceptors (Lipinski definition) is 4. The molecule has 7 nitrogen and oxygen atoms in total. The number of methoxy groups -OCH3 is 2. The van der Waals surface area contributed by atoms with Gasteiger partial charge in [0.2, 0.25) is 5.91 Å². The van der Waals surface area contributed by atoms with Gasteiger partial charge in [0.15, 0.2) is 17.5 Å². The molecular weight excluding hydrogens is 380 g/mol. The molecule has 0 atom stereocenters. The minimum Gasteiger partial charge on any atom is -0.493 e. The highest BCUT2D eigenvalue weighted by atomic mass is 16.5. The maximum atomic E-state index is 12.7. The summed E-state index contributed by atoms with van der Waals surface area (Å²) in [6.07, 6.45) is 4.46. The Bertz CT molecular complexity index is 717. The number of carbonyl (C=O) groups is 1. The fourth-order valence-electron chi connectivity index (χ4n) is 3.74. The van der Waals surface area contributed by atoms with Crippen LogP contribution in [-0.2, 0) is 17.8 Å². The molecule has 0 aliphatic carbocycles. The van der Waals surface area contributed by atoms with Crippen molar-refractivity contribution < 1.29 is 14.3 Å². The lowest BCUT2D eigenvalue weighted by atomic mass is 9.98. The normalized spacial score (nSPS) is 13.8. The van der Waals surface area contributed by atoms with Gasteiger partial charge in [-0.2, -0.15) is 0 Å². The predicted molar refractivity (Wildman–Crippen MR) is 121 cm³/mol. The van der Waals surface area contributed by atoms with Gasteiger partial charge in [0.1, 0.15) is 0 Å². The summed E-state index contributed by atoms with van der Waals surface area (Å²) in [5.41, 5.74) is 2.36. The van der Waals surface area contributed by atoms with Crippen LogP contribution >= 0.6 is 0 Å². The van der Waals surface area contributed by atoms with Crippen molar-refractivity contribution >= 4 is 11.9 Å². The van der Waals surface area contributed by atoms with Crippen LogP contribution in [0.2, 0.25) is 0 Å². The van der Waals surface area contributed by atoms with Gasteiger partial charge in [0.05, 0.1) is 14.2 Å². The molecule has 0 fully saturated rings. The average molecular weight is 419 g/mol. The van der Waals surface area contributed by atoms with Crippen LogP contribution in [0.4, 0.5) is 0 Å². The zero-order valence-corrected chi connectivity index (χ0v) is 19.2. The molecule has 1 heterocycles. The molecule has 0 spiro atoms. The summed E-state index contributed by atoms with van der Waals surface area (Å²) in [6, 6.07) is 4.02. The predicted octanol–water partition coefficient (Wildman–Crippen LogP) is 2.97. The van der Waals surface area contributed by atoms with E-state index < -0.39 is 0 Å². The van der Waals surface area contributed by atoms with E-state index >= 15 is 0 Å². The second-order valence-electron chi connectivity index (χ2n) is 7.71. The molecule has 0 saturated carbocycles. The molecule has 1 aliphatic rings. The summed E-state index contributed by atoms with van der Waals surface area (Å²) in [7, 11) is 5.06. The molecule has 2 N–H and O–H groups in total. The molecule has 0 saturated heterocycles. The number of fused-ring (bicyclic) bond motifs is 1. The van der Waals surface area contributed by atoms with Crippen LogP contribution in [0.3, 0.4) is 0 Å². The van der Waals surface area contributed by atoms with E-state index in [1.54, 1.807) is 21.3 Å². The van der Waals surface area contributed by atoms with Gasteiger partial charge in [-0.05, 0) is 42.0 Å². The fourth-order valence-corrected chi connectivity index (χ4v) is 3.74. The van der Waals surface area contributed by atoms with Crippen LogP contribution in [0.15, 0.2) is 17.1 Å². The van der Waals surface area contributed by atoms with Crippen molar-refractivity contribution in [3.8, 4) is 11.5 Å². The van der Waals surface area contributed by atoms with Crippen molar-refractivity contribution in [2.24, 2.45) is 10.9 Å². The Morgan fingerprint density at radius 1 is 1.13 bits per heavy atom. The molecule has 0 unspecified atom stereocenters. The standard InChI is InChI=1S/C23H38N4O3/c1-6-17(7-2)15-26-23(24-3)25-11-8-9-22(28)27-12-10-18-13-20(29-4)21(30-5)14-19(18)16-27/h13-14,17H,6-12,15-16H2,1-5H3,(H2,24,25,26). The molecule has 1 aromatic rings. The summed E-state index contributed by atoms with van der Waals surface area (Å²) < 4.78 is 10.8. The molecule has 1 amide bonds. The molecule has 2 rings (SSSR count). The van der Waals surface area contributed by atoms with E-state index in [4.69, 9.17) is 9.47 Å². The second-order valence-corrected chi connectivity index (χ2v) is 7.71. The van der Waals surface area contributed by atoms with Crippen molar-refractivity contribution in [2.45, 2.75) is 52.5 Å². The number of ether oxygens (including phenoxy) is 2. The average Bonchev–Trinajstić information content (AvgIpc) is 2.79. The Morgan fingerprint density at radius 3 is 2.40 bits per heavy atom. The van der Waals surface area contributed by atoms with Crippen LogP contribution in [0.5, 0.6) is 11.5 Å². The van der Waals surface area contributed by atoms with E-state index in [1.807, 2.05) is 17.0 Å². The Morgan fingerprint density at radius 2 is 1.80 bits per heavy atom. The Labute approximate surface area is 181 Å². The van der Waals surface area contributed by atoms with Crippen LogP contribution in [0.1, 0.15) is 50.7 Å². The maximum absolute atomic E-state index is 12.7. The minimum atomic E-state index is 0.192. The zero-order chi connectivity index (χ0) is 21.9. The highest BCUT2D eigenvalue weighted by Crippen LogP contribution is 2.33. The molecule has 7 heteroatoms. The lowest BCUT2D eigenvalue weighted by Gasteiger charge is -2.29. The first kappa shape index (κ1) is 23.8. The monoisotopic (exact) mass is 418 g/mol. The number of nitrogens with zero attached hydrogens (tertiary/aromatic N) is 2. The zero-order valence-electron chi connectivity index (χ0n) is 19.2. The molecule has 1 aromatic carbocycles. The highest BCUT2D eigenvalue weighted by molar-refractivity contribution is 5.80. The summed E-state index contributed by atoms with van der Waals surface area (Å²) >= 11 is 0. The lowest BCUT2D eigenvalue weighted by molar-refractivity contribution is -0.132. The van der Waals surface area contributed by atoms with E-state index in [0.717, 1.165) is 62.6 Å². The molecule has 30 heavy (non-hydrogen) atoms. The molecular formula is C23H38N4O3. The smallest absolute Gasteiger partial charge is 0.222 e. The van der Waals surface area contributed by atoms with Gasteiger partial charge in [-0.25, -0.2) is 0 Å². The van der Waals surface area contributed by atoms with Gasteiger partial charge >= 0.3 is 0 Å². The highest BCUT2D eigenvalue weighted by Gasteiger charge is 2.22. The molecule has 168 valence electrons. The van der Waals surface area contributed by atoms with Gasteiger partial charge in [-0.1, -0.05) is 26.7 Å². The number of nitrogens with one attached hydrogen (secondary N) is 2. The first-order valence-electron chi connectivity index (χ1n) is 11.0. The van der Waals surface area contributed by atoms with Gasteiger partial charge in [0, 0.05) is 39.6 Å². The summed E-state index contributed by atoms with van der Waals surface area (Å²) in [5.74, 6) is 3.11. The number of hydrogen-bond donors (Lipinski definition) is 2. The number of benzene rings is 1. The summed E-state index contributed by atoms with van der Waals surface area (Å²) in [6.45, 7) is 7.44. The first-order chi connectivity index (χ1) is 14.6. The van der Waals surface area contributed by atoms with Crippen molar-refractivity contribution in [1.29, 1.82) is 0 Å². The third kappa shape index (κ3) is 6.54. The SMILES string of the molecule is CCC(CC)CNC(=NC)NCCCC(=O)N1CCc2cc(OC)c(OC)cc2C1. The Balaban J connectivity index is 1.78. The third-order valence-corrected chi connectivity index (χ3v) is 5.87. The van der Waals surface area contributed by atoms with E-state index in [0.29, 0.717) is 24.6 Å². The Hall–Kier alpha value is -2.44. The van der Waals surface area contributed by atoms with Crippen LogP contribution < -0.4 is 20.1 Å². The quantitative estimate of drug-likeness (QED) is 0.347. The summed E-state index contributed by atoms with van der Waals surface area (Å²) in [4.78, 5) is 18.9. The maximum Gasteiger partial charge on any atom is 0.222 e. The number of amides is 1. The number of rotatable bonds is 10. The van der Waals surface area contributed by atoms with Gasteiger partial charge in [-0.3, -0.25) is 9.79 Å². The van der Waals surface area contributed by atoms with Crippen molar-refractivity contribution in [3.63, 3.8) is 0 Å². The van der Waals surface area contributed by atoms with Gasteiger partial charge in [-0.15, -0.1) is 0 Å². The lowest BCUT2D eigenvalue weighted by Crippen LogP contribution is -2.40. The van der Waals surface area contributed by atoms with Crippen LogP contribution in [0, 0.1) is 5.92 Å². The Kier molecular flexibility index (Phi) is 9.77. The minimum absolute atomic E-state index is 0.192. The first-order valence-corrected chi connectivity index (χ1v) is 11.0. The van der Waals surface area contributed by atoms with E-state index in [-0.39, 0.29) is 5.91 Å². The summed E-state index contributed by atoms with van der Waals surface area (Å²) in [5, 5.41) is 6.69. The number of carbonyl (C=O) groups excluding carboxylic acids is 1.